The summed E-state index contributed by atoms with van der Waals surface area (Å²) in [6.45, 7) is 5.82. The van der Waals surface area contributed by atoms with Crippen molar-refractivity contribution in [3.63, 3.8) is 0 Å². The molecule has 1 spiro atoms. The quantitative estimate of drug-likeness (QED) is 0.398. The minimum atomic E-state index is -4.28. The summed E-state index contributed by atoms with van der Waals surface area (Å²) in [5.74, 6) is -0.263. The van der Waals surface area contributed by atoms with Gasteiger partial charge in [-0.3, -0.25) is 4.79 Å². The number of nitrogens with one attached hydrogen (secondary N) is 1. The number of sulfonamides is 1. The zero-order chi connectivity index (χ0) is 28.5. The summed E-state index contributed by atoms with van der Waals surface area (Å²) >= 11 is 0. The fraction of sp³-hybridized carbons (Fsp3) is 0.414. The molecule has 3 N–H and O–H groups in total. The van der Waals surface area contributed by atoms with E-state index < -0.39 is 21.7 Å². The van der Waals surface area contributed by atoms with Crippen LogP contribution >= 0.6 is 0 Å². The number of carbonyl (C=O) groups excluding carboxylic acids is 1. The molecule has 0 bridgehead atoms. The van der Waals surface area contributed by atoms with Gasteiger partial charge in [-0.05, 0) is 73.4 Å². The van der Waals surface area contributed by atoms with Crippen LogP contribution in [0, 0.1) is 17.2 Å². The van der Waals surface area contributed by atoms with Gasteiger partial charge >= 0.3 is 0 Å². The van der Waals surface area contributed by atoms with Gasteiger partial charge in [0, 0.05) is 24.7 Å². The Balaban J connectivity index is 1.48. The first-order valence-electron chi connectivity index (χ1n) is 13.5. The SMILES string of the molecule is CC(C)COc1cc(F)cc(-c2ccc(C(=O)NS(=O)(=O)c3cccc(N)n3)c(N3CCC4(CCC4)CC3)n2)c1. The minimum absolute atomic E-state index is 0.0205. The summed E-state index contributed by atoms with van der Waals surface area (Å²) in [7, 11) is -4.28. The average Bonchev–Trinajstić information content (AvgIpc) is 2.90. The molecule has 2 aliphatic rings. The summed E-state index contributed by atoms with van der Waals surface area (Å²) in [5, 5.41) is -0.356. The number of hydrogen-bond donors (Lipinski definition) is 2. The van der Waals surface area contributed by atoms with E-state index in [1.54, 1.807) is 12.1 Å². The van der Waals surface area contributed by atoms with Gasteiger partial charge in [-0.2, -0.15) is 8.42 Å². The van der Waals surface area contributed by atoms with E-state index in [9.17, 15) is 17.6 Å². The highest BCUT2D eigenvalue weighted by molar-refractivity contribution is 7.90. The minimum Gasteiger partial charge on any atom is -0.493 e. The lowest BCUT2D eigenvalue weighted by Gasteiger charge is -2.48. The van der Waals surface area contributed by atoms with Gasteiger partial charge in [0.15, 0.2) is 5.03 Å². The lowest BCUT2D eigenvalue weighted by atomic mass is 9.63. The van der Waals surface area contributed by atoms with Crippen molar-refractivity contribution < 1.29 is 22.3 Å². The zero-order valence-electron chi connectivity index (χ0n) is 22.7. The monoisotopic (exact) mass is 567 g/mol. The zero-order valence-corrected chi connectivity index (χ0v) is 23.5. The molecule has 9 nitrogen and oxygen atoms in total. The number of rotatable bonds is 8. The van der Waals surface area contributed by atoms with Crippen LogP contribution < -0.4 is 20.1 Å². The summed E-state index contributed by atoms with van der Waals surface area (Å²) in [6, 6.07) is 11.7. The summed E-state index contributed by atoms with van der Waals surface area (Å²) in [4.78, 5) is 24.0. The number of anilines is 2. The molecule has 40 heavy (non-hydrogen) atoms. The molecule has 1 aliphatic carbocycles. The average molecular weight is 568 g/mol. The van der Waals surface area contributed by atoms with Gasteiger partial charge in [-0.25, -0.2) is 19.1 Å². The van der Waals surface area contributed by atoms with Crippen molar-refractivity contribution >= 4 is 27.6 Å². The first kappa shape index (κ1) is 27.8. The van der Waals surface area contributed by atoms with Crippen LogP contribution in [0.15, 0.2) is 53.6 Å². The van der Waals surface area contributed by atoms with Gasteiger partial charge in [-0.15, -0.1) is 0 Å². The molecule has 0 unspecified atom stereocenters. The molecule has 2 fully saturated rings. The third-order valence-corrected chi connectivity index (χ3v) is 8.89. The number of hydrogen-bond acceptors (Lipinski definition) is 8. The first-order chi connectivity index (χ1) is 19.0. The first-order valence-corrected chi connectivity index (χ1v) is 15.0. The fourth-order valence-electron chi connectivity index (χ4n) is 5.26. The van der Waals surface area contributed by atoms with Crippen LogP contribution in [-0.4, -0.2) is 44.0 Å². The van der Waals surface area contributed by atoms with Crippen LogP contribution in [0.2, 0.25) is 0 Å². The molecule has 5 rings (SSSR count). The maximum Gasteiger partial charge on any atom is 0.281 e. The number of benzene rings is 1. The fourth-order valence-corrected chi connectivity index (χ4v) is 6.21. The van der Waals surface area contributed by atoms with Crippen molar-refractivity contribution in [3.05, 3.63) is 59.9 Å². The standard InChI is InChI=1S/C29H34FN5O4S/c1-19(2)18-39-22-16-20(15-21(30)17-22)24-8-7-23(27(32-24)35-13-11-29(12-14-35)9-4-10-29)28(36)34-40(37,38)26-6-3-5-25(31)33-26/h3,5-8,15-17,19H,4,9-14,18H2,1-2H3,(H2,31,33)(H,34,36). The largest absolute Gasteiger partial charge is 0.493 e. The highest BCUT2D eigenvalue weighted by Gasteiger charge is 2.40. The molecule has 1 aliphatic heterocycles. The molecule has 212 valence electrons. The highest BCUT2D eigenvalue weighted by Crippen LogP contribution is 2.49. The van der Waals surface area contributed by atoms with E-state index in [4.69, 9.17) is 15.5 Å². The van der Waals surface area contributed by atoms with Gasteiger partial charge in [-0.1, -0.05) is 26.3 Å². The second kappa shape index (κ2) is 11.0. The Morgan fingerprint density at radius 1 is 1.10 bits per heavy atom. The van der Waals surface area contributed by atoms with E-state index in [2.05, 4.69) is 9.71 Å². The van der Waals surface area contributed by atoms with Gasteiger partial charge < -0.3 is 15.4 Å². The smallest absolute Gasteiger partial charge is 0.281 e. The van der Waals surface area contributed by atoms with Gasteiger partial charge in [0.2, 0.25) is 0 Å². The molecule has 1 amide bonds. The Kier molecular flexibility index (Phi) is 7.67. The Morgan fingerprint density at radius 3 is 2.50 bits per heavy atom. The van der Waals surface area contributed by atoms with E-state index in [0.717, 1.165) is 12.8 Å². The van der Waals surface area contributed by atoms with Crippen LogP contribution in [0.1, 0.15) is 56.3 Å². The van der Waals surface area contributed by atoms with Crippen molar-refractivity contribution in [3.8, 4) is 17.0 Å². The summed E-state index contributed by atoms with van der Waals surface area (Å²) in [6.07, 6.45) is 5.58. The van der Waals surface area contributed by atoms with Crippen LogP contribution in [0.25, 0.3) is 11.3 Å². The molecule has 3 aromatic rings. The van der Waals surface area contributed by atoms with Gasteiger partial charge in [0.25, 0.3) is 15.9 Å². The highest BCUT2D eigenvalue weighted by atomic mass is 32.2. The lowest BCUT2D eigenvalue weighted by Crippen LogP contribution is -2.44. The molecule has 11 heteroatoms. The molecular formula is C29H34FN5O4S. The van der Waals surface area contributed by atoms with E-state index in [0.29, 0.717) is 47.9 Å². The molecule has 2 aromatic heterocycles. The number of piperidine rings is 1. The van der Waals surface area contributed by atoms with E-state index in [-0.39, 0.29) is 22.3 Å². The molecule has 0 atom stereocenters. The van der Waals surface area contributed by atoms with Crippen LogP contribution in [0.3, 0.4) is 0 Å². The Labute approximate surface area is 234 Å². The number of nitrogen functional groups attached to an aromatic ring is 1. The molecule has 1 saturated heterocycles. The van der Waals surface area contributed by atoms with Crippen molar-refractivity contribution in [2.45, 2.75) is 51.0 Å². The van der Waals surface area contributed by atoms with E-state index in [1.807, 2.05) is 18.7 Å². The normalized spacial score (nSPS) is 16.6. The molecule has 1 aromatic carbocycles. The number of carbonyl (C=O) groups is 1. The predicted molar refractivity (Wildman–Crippen MR) is 151 cm³/mol. The number of pyridine rings is 2. The van der Waals surface area contributed by atoms with Gasteiger partial charge in [0.1, 0.15) is 23.2 Å². The lowest BCUT2D eigenvalue weighted by molar-refractivity contribution is 0.0946. The predicted octanol–water partition coefficient (Wildman–Crippen LogP) is 4.79. The van der Waals surface area contributed by atoms with Crippen molar-refractivity contribution in [2.24, 2.45) is 11.3 Å². The van der Waals surface area contributed by atoms with E-state index in [1.165, 1.54) is 55.7 Å². The van der Waals surface area contributed by atoms with Crippen molar-refractivity contribution in [1.29, 1.82) is 0 Å². The molecular weight excluding hydrogens is 533 g/mol. The number of amides is 1. The number of nitrogens with zero attached hydrogens (tertiary/aromatic N) is 3. The Bertz CT molecular complexity index is 1510. The molecule has 1 saturated carbocycles. The summed E-state index contributed by atoms with van der Waals surface area (Å²) in [5.41, 5.74) is 7.04. The summed E-state index contributed by atoms with van der Waals surface area (Å²) < 4.78 is 48.2. The Hall–Kier alpha value is -3.73. The van der Waals surface area contributed by atoms with E-state index >= 15 is 0 Å². The maximum atomic E-state index is 14.5. The number of aromatic nitrogens is 2. The van der Waals surface area contributed by atoms with Crippen LogP contribution in [0.5, 0.6) is 5.75 Å². The second-order valence-corrected chi connectivity index (χ2v) is 12.8. The third kappa shape index (κ3) is 6.04. The Morgan fingerprint density at radius 2 is 1.85 bits per heavy atom. The third-order valence-electron chi connectivity index (χ3n) is 7.66. The molecule has 3 heterocycles. The van der Waals surface area contributed by atoms with Crippen LogP contribution in [-0.2, 0) is 10.0 Å². The number of nitrogens with two attached hydrogens (primary N) is 1. The van der Waals surface area contributed by atoms with Gasteiger partial charge in [0.05, 0.1) is 17.9 Å². The number of ether oxygens (including phenoxy) is 1. The second-order valence-electron chi connectivity index (χ2n) is 11.1. The van der Waals surface area contributed by atoms with Crippen molar-refractivity contribution in [2.75, 3.05) is 30.3 Å². The number of halogens is 1. The van der Waals surface area contributed by atoms with Crippen molar-refractivity contribution in [1.82, 2.24) is 14.7 Å². The topological polar surface area (TPSA) is 128 Å². The molecule has 0 radical (unpaired) electrons. The van der Waals surface area contributed by atoms with Crippen LogP contribution in [0.4, 0.5) is 16.0 Å². The maximum absolute atomic E-state index is 14.5.